The van der Waals surface area contributed by atoms with Crippen LogP contribution in [0.15, 0.2) is 36.4 Å². The number of nitrogens with zero attached hydrogens (tertiary/aromatic N) is 1. The van der Waals surface area contributed by atoms with Gasteiger partial charge in [0.05, 0.1) is 10.0 Å². The third-order valence-corrected chi connectivity index (χ3v) is 6.38. The van der Waals surface area contributed by atoms with Crippen LogP contribution in [0.1, 0.15) is 44.7 Å². The van der Waals surface area contributed by atoms with Gasteiger partial charge in [-0.15, -0.1) is 0 Å². The first-order valence-corrected chi connectivity index (χ1v) is 12.4. The maximum absolute atomic E-state index is 13.4. The minimum absolute atomic E-state index is 0.104. The summed E-state index contributed by atoms with van der Waals surface area (Å²) in [5.41, 5.74) is 1.79. The Hall–Kier alpha value is -2.44. The molecule has 1 heterocycles. The van der Waals surface area contributed by atoms with Gasteiger partial charge >= 0.3 is 0 Å². The quantitative estimate of drug-likeness (QED) is 0.476. The highest BCUT2D eigenvalue weighted by molar-refractivity contribution is 6.42. The molecule has 8 heteroatoms. The lowest BCUT2D eigenvalue weighted by atomic mass is 10.1. The van der Waals surface area contributed by atoms with Crippen LogP contribution < -0.4 is 14.8 Å². The molecule has 0 spiro atoms. The average molecular weight is 507 g/mol. The van der Waals surface area contributed by atoms with Gasteiger partial charge in [-0.05, 0) is 54.2 Å². The molecule has 2 aromatic carbocycles. The molecule has 34 heavy (non-hydrogen) atoms. The van der Waals surface area contributed by atoms with E-state index in [9.17, 15) is 9.59 Å². The van der Waals surface area contributed by atoms with Crippen LogP contribution in [0.25, 0.3) is 0 Å². The number of hydrogen-bond acceptors (Lipinski definition) is 4. The highest BCUT2D eigenvalue weighted by Gasteiger charge is 2.28. The maximum Gasteiger partial charge on any atom is 0.242 e. The normalized spacial score (nSPS) is 13.5. The molecule has 1 aliphatic rings. The second-order valence-corrected chi connectivity index (χ2v) is 9.63. The molecule has 0 saturated heterocycles. The van der Waals surface area contributed by atoms with Crippen molar-refractivity contribution >= 4 is 35.0 Å². The molecule has 0 aliphatic carbocycles. The van der Waals surface area contributed by atoms with Gasteiger partial charge in [-0.3, -0.25) is 9.59 Å². The average Bonchev–Trinajstić information content (AvgIpc) is 2.83. The van der Waals surface area contributed by atoms with Gasteiger partial charge in [-0.2, -0.15) is 0 Å². The molecule has 6 nitrogen and oxygen atoms in total. The summed E-state index contributed by atoms with van der Waals surface area (Å²) in [5, 5.41) is 3.84. The first-order chi connectivity index (χ1) is 16.3. The Kier molecular flexibility index (Phi) is 9.48. The number of amides is 2. The molecule has 0 fully saturated rings. The van der Waals surface area contributed by atoms with E-state index >= 15 is 0 Å². The number of rotatable bonds is 10. The molecule has 0 unspecified atom stereocenters. The van der Waals surface area contributed by atoms with Gasteiger partial charge in [0.15, 0.2) is 11.5 Å². The Balaban J connectivity index is 1.77. The van der Waals surface area contributed by atoms with Crippen molar-refractivity contribution in [2.24, 2.45) is 5.92 Å². The number of aryl methyl sites for hydroxylation is 1. The summed E-state index contributed by atoms with van der Waals surface area (Å²) in [5.74, 6) is 1.48. The van der Waals surface area contributed by atoms with E-state index in [-0.39, 0.29) is 24.8 Å². The van der Waals surface area contributed by atoms with Crippen molar-refractivity contribution in [2.75, 3.05) is 19.8 Å². The number of fused-ring (bicyclic) bond motifs is 1. The molecule has 2 amide bonds. The number of carbonyl (C=O) groups excluding carboxylic acids is 2. The summed E-state index contributed by atoms with van der Waals surface area (Å²) in [6.45, 7) is 7.85. The monoisotopic (exact) mass is 506 g/mol. The van der Waals surface area contributed by atoms with Crippen LogP contribution in [0.2, 0.25) is 10.0 Å². The lowest BCUT2D eigenvalue weighted by Gasteiger charge is -2.31. The highest BCUT2D eigenvalue weighted by Crippen LogP contribution is 2.31. The summed E-state index contributed by atoms with van der Waals surface area (Å²) in [7, 11) is 0. The largest absolute Gasteiger partial charge is 0.486 e. The number of ether oxygens (including phenoxy) is 2. The topological polar surface area (TPSA) is 67.9 Å². The number of carbonyl (C=O) groups is 2. The minimum Gasteiger partial charge on any atom is -0.486 e. The second kappa shape index (κ2) is 12.3. The van der Waals surface area contributed by atoms with Crippen molar-refractivity contribution in [3.8, 4) is 11.5 Å². The Morgan fingerprint density at radius 3 is 2.38 bits per heavy atom. The van der Waals surface area contributed by atoms with Crippen LogP contribution in [0, 0.1) is 5.92 Å². The summed E-state index contributed by atoms with van der Waals surface area (Å²) >= 11 is 12.3. The van der Waals surface area contributed by atoms with Gasteiger partial charge in [-0.1, -0.05) is 56.1 Å². The Labute approximate surface area is 211 Å². The fourth-order valence-corrected chi connectivity index (χ4v) is 4.14. The van der Waals surface area contributed by atoms with Crippen molar-refractivity contribution in [3.05, 3.63) is 57.6 Å². The molecule has 184 valence electrons. The molecule has 1 atom stereocenters. The zero-order valence-corrected chi connectivity index (χ0v) is 21.4. The highest BCUT2D eigenvalue weighted by atomic mass is 35.5. The predicted molar refractivity (Wildman–Crippen MR) is 135 cm³/mol. The third-order valence-electron chi connectivity index (χ3n) is 5.64. The molecule has 3 rings (SSSR count). The second-order valence-electron chi connectivity index (χ2n) is 8.81. The molecular weight excluding hydrogens is 475 g/mol. The zero-order chi connectivity index (χ0) is 24.7. The molecule has 1 aliphatic heterocycles. The number of benzene rings is 2. The van der Waals surface area contributed by atoms with E-state index in [0.29, 0.717) is 54.3 Å². The van der Waals surface area contributed by atoms with Crippen LogP contribution in [0.5, 0.6) is 11.5 Å². The SMILES string of the molecule is CC[C@H](C(=O)NCC(C)C)N(Cc1ccc(Cl)c(Cl)c1)C(=O)CCc1ccc2c(c1)OCCO2. The molecular formula is C26H32Cl2N2O4. The van der Waals surface area contributed by atoms with E-state index in [0.717, 1.165) is 16.9 Å². The van der Waals surface area contributed by atoms with E-state index in [4.69, 9.17) is 32.7 Å². The van der Waals surface area contributed by atoms with E-state index in [1.807, 2.05) is 45.0 Å². The van der Waals surface area contributed by atoms with Gasteiger partial charge in [0.1, 0.15) is 19.3 Å². The van der Waals surface area contributed by atoms with Gasteiger partial charge in [0, 0.05) is 19.5 Å². The molecule has 0 bridgehead atoms. The van der Waals surface area contributed by atoms with Gasteiger partial charge in [0.2, 0.25) is 11.8 Å². The smallest absolute Gasteiger partial charge is 0.242 e. The van der Waals surface area contributed by atoms with Crippen LogP contribution in [0.3, 0.4) is 0 Å². The van der Waals surface area contributed by atoms with Crippen molar-refractivity contribution in [2.45, 2.75) is 52.6 Å². The Bertz CT molecular complexity index is 1010. The Morgan fingerprint density at radius 1 is 1.00 bits per heavy atom. The van der Waals surface area contributed by atoms with E-state index < -0.39 is 6.04 Å². The van der Waals surface area contributed by atoms with E-state index in [1.54, 1.807) is 17.0 Å². The van der Waals surface area contributed by atoms with Crippen LogP contribution in [0.4, 0.5) is 0 Å². The predicted octanol–water partition coefficient (Wildman–Crippen LogP) is 5.28. The van der Waals surface area contributed by atoms with E-state index in [1.165, 1.54) is 0 Å². The maximum atomic E-state index is 13.4. The molecule has 2 aromatic rings. The van der Waals surface area contributed by atoms with Crippen molar-refractivity contribution < 1.29 is 19.1 Å². The van der Waals surface area contributed by atoms with E-state index in [2.05, 4.69) is 5.32 Å². The summed E-state index contributed by atoms with van der Waals surface area (Å²) < 4.78 is 11.2. The first-order valence-electron chi connectivity index (χ1n) is 11.7. The standard InChI is InChI=1S/C26H32Cl2N2O4/c1-4-22(26(32)29-15-17(2)3)30(16-19-5-8-20(27)21(28)13-19)25(31)10-7-18-6-9-23-24(14-18)34-12-11-33-23/h5-6,8-9,13-14,17,22H,4,7,10-12,15-16H2,1-3H3,(H,29,32)/t22-/m1/s1. The van der Waals surface area contributed by atoms with Gasteiger partial charge < -0.3 is 19.7 Å². The fraction of sp³-hybridized carbons (Fsp3) is 0.462. The summed E-state index contributed by atoms with van der Waals surface area (Å²) in [4.78, 5) is 28.1. The zero-order valence-electron chi connectivity index (χ0n) is 19.9. The van der Waals surface area contributed by atoms with Crippen LogP contribution >= 0.6 is 23.2 Å². The fourth-order valence-electron chi connectivity index (χ4n) is 3.81. The van der Waals surface area contributed by atoms with Crippen molar-refractivity contribution in [3.63, 3.8) is 0 Å². The number of nitrogens with one attached hydrogen (secondary N) is 1. The summed E-state index contributed by atoms with van der Waals surface area (Å²) in [6.07, 6.45) is 1.29. The number of hydrogen-bond donors (Lipinski definition) is 1. The Morgan fingerprint density at radius 2 is 1.71 bits per heavy atom. The molecule has 1 N–H and O–H groups in total. The van der Waals surface area contributed by atoms with Crippen LogP contribution in [-0.2, 0) is 22.6 Å². The molecule has 0 aromatic heterocycles. The molecule has 0 radical (unpaired) electrons. The lowest BCUT2D eigenvalue weighted by molar-refractivity contribution is -0.141. The van der Waals surface area contributed by atoms with Gasteiger partial charge in [0.25, 0.3) is 0 Å². The van der Waals surface area contributed by atoms with Crippen molar-refractivity contribution in [1.29, 1.82) is 0 Å². The third kappa shape index (κ3) is 7.03. The number of halogens is 2. The molecule has 0 saturated carbocycles. The lowest BCUT2D eigenvalue weighted by Crippen LogP contribution is -2.49. The first kappa shape index (κ1) is 26.2. The van der Waals surface area contributed by atoms with Crippen LogP contribution in [-0.4, -0.2) is 42.5 Å². The minimum atomic E-state index is -0.582. The summed E-state index contributed by atoms with van der Waals surface area (Å²) in [6, 6.07) is 10.4. The van der Waals surface area contributed by atoms with Gasteiger partial charge in [-0.25, -0.2) is 0 Å². The van der Waals surface area contributed by atoms with Crippen molar-refractivity contribution in [1.82, 2.24) is 10.2 Å².